The van der Waals surface area contributed by atoms with Gasteiger partial charge in [-0.25, -0.2) is 23.4 Å². The SMILES string of the molecule is O=C(N[C@H]1CCCCCC=C[C@@H]2C[C@@]2(C(=O)NS(=O)(=O)C2CC2)NC(=O)[C@@H]2C[C@@H](Oc3nc4ccccc4nc3-c3nc4ccccc4s3)CN2C1=O)c1ccno1. The largest absolute Gasteiger partial charge is 0.471 e. The van der Waals surface area contributed by atoms with Crippen LogP contribution in [0.1, 0.15) is 68.3 Å². The van der Waals surface area contributed by atoms with E-state index in [1.165, 1.54) is 28.5 Å². The molecule has 4 amide bonds. The molecule has 0 unspecified atom stereocenters. The van der Waals surface area contributed by atoms with E-state index >= 15 is 0 Å². The van der Waals surface area contributed by atoms with E-state index in [0.717, 1.165) is 23.1 Å². The Hall–Kier alpha value is -5.75. The second kappa shape index (κ2) is 15.2. The molecule has 3 fully saturated rings. The minimum absolute atomic E-state index is 0.00723. The number of sulfonamides is 1. The summed E-state index contributed by atoms with van der Waals surface area (Å²) < 4.78 is 40.7. The van der Waals surface area contributed by atoms with Crippen LogP contribution in [-0.2, 0) is 24.4 Å². The molecule has 5 atom stereocenters. The summed E-state index contributed by atoms with van der Waals surface area (Å²) in [5, 5.41) is 9.23. The molecule has 2 saturated carbocycles. The zero-order chi connectivity index (χ0) is 40.0. The predicted molar refractivity (Wildman–Crippen MR) is 212 cm³/mol. The van der Waals surface area contributed by atoms with E-state index in [1.54, 1.807) is 0 Å². The monoisotopic (exact) mass is 824 g/mol. The van der Waals surface area contributed by atoms with Crippen LogP contribution in [-0.4, -0.2) is 92.6 Å². The molecule has 2 aromatic carbocycles. The van der Waals surface area contributed by atoms with Gasteiger partial charge in [-0.3, -0.25) is 23.9 Å². The first-order valence-corrected chi connectivity index (χ1v) is 21.8. The number of nitrogens with one attached hydrogen (secondary N) is 3. The fraction of sp³-hybridized carbons (Fsp3) is 0.400. The van der Waals surface area contributed by atoms with E-state index in [1.807, 2.05) is 60.7 Å². The van der Waals surface area contributed by atoms with Crippen molar-refractivity contribution in [3.05, 3.63) is 78.7 Å². The van der Waals surface area contributed by atoms with Gasteiger partial charge in [0.15, 0.2) is 5.69 Å². The number of thiazole rings is 1. The quantitative estimate of drug-likeness (QED) is 0.189. The molecule has 5 heterocycles. The summed E-state index contributed by atoms with van der Waals surface area (Å²) in [5.74, 6) is -2.97. The average Bonchev–Trinajstić information content (AvgIpc) is 3.98. The Bertz CT molecular complexity index is 2520. The smallest absolute Gasteiger partial charge is 0.290 e. The Labute approximate surface area is 336 Å². The fourth-order valence-electron chi connectivity index (χ4n) is 7.75. The highest BCUT2D eigenvalue weighted by Gasteiger charge is 2.62. The van der Waals surface area contributed by atoms with Gasteiger partial charge in [-0.1, -0.05) is 54.4 Å². The number of nitrogens with zero attached hydrogens (tertiary/aromatic N) is 5. The molecule has 4 aliphatic rings. The molecule has 0 spiro atoms. The normalized spacial score (nSPS) is 25.3. The van der Waals surface area contributed by atoms with Gasteiger partial charge in [-0.2, -0.15) is 0 Å². The van der Waals surface area contributed by atoms with Crippen LogP contribution < -0.4 is 20.1 Å². The average molecular weight is 825 g/mol. The molecule has 3 aromatic heterocycles. The third-order valence-corrected chi connectivity index (χ3v) is 14.0. The van der Waals surface area contributed by atoms with Crippen LogP contribution in [0.2, 0.25) is 0 Å². The molecule has 0 radical (unpaired) electrons. The van der Waals surface area contributed by atoms with Crippen LogP contribution in [0.4, 0.5) is 0 Å². The highest BCUT2D eigenvalue weighted by Crippen LogP contribution is 2.46. The van der Waals surface area contributed by atoms with Gasteiger partial charge in [-0.05, 0) is 62.8 Å². The van der Waals surface area contributed by atoms with Crippen molar-refractivity contribution >= 4 is 66.2 Å². The van der Waals surface area contributed by atoms with Gasteiger partial charge in [0, 0.05) is 18.4 Å². The van der Waals surface area contributed by atoms with Crippen LogP contribution in [0.5, 0.6) is 5.88 Å². The summed E-state index contributed by atoms with van der Waals surface area (Å²) in [5.41, 5.74) is 0.849. The van der Waals surface area contributed by atoms with Gasteiger partial charge in [0.2, 0.25) is 33.5 Å². The number of carbonyl (C=O) groups is 4. The molecule has 9 rings (SSSR count). The molecule has 18 heteroatoms. The number of fused-ring (bicyclic) bond motifs is 4. The molecule has 16 nitrogen and oxygen atoms in total. The van der Waals surface area contributed by atoms with E-state index in [4.69, 9.17) is 24.2 Å². The maximum absolute atomic E-state index is 14.7. The molecule has 300 valence electrons. The van der Waals surface area contributed by atoms with Crippen molar-refractivity contribution in [3.8, 4) is 16.6 Å². The van der Waals surface area contributed by atoms with E-state index in [9.17, 15) is 27.6 Å². The summed E-state index contributed by atoms with van der Waals surface area (Å²) in [6.07, 6.45) is 8.50. The van der Waals surface area contributed by atoms with Gasteiger partial charge in [0.05, 0.1) is 39.2 Å². The van der Waals surface area contributed by atoms with Gasteiger partial charge >= 0.3 is 0 Å². The lowest BCUT2D eigenvalue weighted by molar-refractivity contribution is -0.141. The van der Waals surface area contributed by atoms with Gasteiger partial charge < -0.3 is 24.8 Å². The van der Waals surface area contributed by atoms with Crippen molar-refractivity contribution in [3.63, 3.8) is 0 Å². The number of benzene rings is 2. The Kier molecular flexibility index (Phi) is 9.91. The maximum Gasteiger partial charge on any atom is 0.290 e. The number of carbonyl (C=O) groups excluding carboxylic acids is 4. The number of aromatic nitrogens is 4. The molecule has 58 heavy (non-hydrogen) atoms. The van der Waals surface area contributed by atoms with E-state index in [-0.39, 0.29) is 37.4 Å². The lowest BCUT2D eigenvalue weighted by atomic mass is 10.0. The third kappa shape index (κ3) is 7.53. The van der Waals surface area contributed by atoms with E-state index < -0.39 is 68.5 Å². The standard InChI is InChI=1S/C40H40N8O8S2/c49-34-30-20-24(55-36-33(42-26-11-6-7-12-27(26)44-36)37-45-28-13-8-9-15-32(28)57-37)22-48(30)38(51)29(43-35(50)31-18-19-41-56-31)14-5-3-1-2-4-10-23-21-40(23,46-34)39(52)47-58(53,54)25-16-17-25/h4,6-13,15,18-19,23-25,29-30H,1-3,5,14,16-17,20-22H2,(H,43,50)(H,46,49)(H,47,52)/t23-,24-,29+,30+,40-/m1/s1. The molecular weight excluding hydrogens is 785 g/mol. The lowest BCUT2D eigenvalue weighted by Crippen LogP contribution is -2.58. The topological polar surface area (TPSA) is 216 Å². The van der Waals surface area contributed by atoms with Crippen molar-refractivity contribution in [1.29, 1.82) is 0 Å². The van der Waals surface area contributed by atoms with Gasteiger partial charge in [0.1, 0.15) is 28.7 Å². The number of rotatable bonds is 8. The van der Waals surface area contributed by atoms with Crippen molar-refractivity contribution in [2.45, 2.75) is 86.8 Å². The Balaban J connectivity index is 1.06. The second-order valence-electron chi connectivity index (χ2n) is 15.3. The molecule has 2 aliphatic heterocycles. The Morgan fingerprint density at radius 2 is 1.72 bits per heavy atom. The summed E-state index contributed by atoms with van der Waals surface area (Å²) in [6, 6.07) is 14.2. The van der Waals surface area contributed by atoms with Crippen molar-refractivity contribution in [1.82, 2.24) is 40.4 Å². The van der Waals surface area contributed by atoms with E-state index in [2.05, 4.69) is 20.5 Å². The van der Waals surface area contributed by atoms with Gasteiger partial charge in [-0.15, -0.1) is 11.3 Å². The molecule has 1 saturated heterocycles. The zero-order valence-electron chi connectivity index (χ0n) is 31.2. The highest BCUT2D eigenvalue weighted by molar-refractivity contribution is 7.91. The van der Waals surface area contributed by atoms with Crippen LogP contribution in [0.25, 0.3) is 32.0 Å². The van der Waals surface area contributed by atoms with Crippen molar-refractivity contribution in [2.75, 3.05) is 6.54 Å². The maximum atomic E-state index is 14.7. The molecular formula is C40H40N8O8S2. The summed E-state index contributed by atoms with van der Waals surface area (Å²) >= 11 is 1.43. The predicted octanol–water partition coefficient (Wildman–Crippen LogP) is 4.05. The number of hydrogen-bond acceptors (Lipinski definition) is 13. The first-order chi connectivity index (χ1) is 28.1. The van der Waals surface area contributed by atoms with E-state index in [0.29, 0.717) is 47.4 Å². The minimum atomic E-state index is -3.92. The van der Waals surface area contributed by atoms with Gasteiger partial charge in [0.25, 0.3) is 11.8 Å². The minimum Gasteiger partial charge on any atom is -0.471 e. The van der Waals surface area contributed by atoms with Crippen LogP contribution in [0.15, 0.2) is 77.5 Å². The molecule has 0 bridgehead atoms. The zero-order valence-corrected chi connectivity index (χ0v) is 32.8. The molecule has 2 aliphatic carbocycles. The molecule has 5 aromatic rings. The molecule has 3 N–H and O–H groups in total. The summed E-state index contributed by atoms with van der Waals surface area (Å²) in [4.78, 5) is 72.2. The third-order valence-electron chi connectivity index (χ3n) is 11.1. The summed E-state index contributed by atoms with van der Waals surface area (Å²) in [6.45, 7) is -0.0715. The van der Waals surface area contributed by atoms with Crippen molar-refractivity contribution < 1.29 is 36.9 Å². The number of allylic oxidation sites excluding steroid dienone is 1. The van der Waals surface area contributed by atoms with Crippen LogP contribution in [0, 0.1) is 5.92 Å². The Morgan fingerprint density at radius 1 is 0.948 bits per heavy atom. The first-order valence-electron chi connectivity index (χ1n) is 19.4. The second-order valence-corrected chi connectivity index (χ2v) is 18.2. The first kappa shape index (κ1) is 37.8. The number of para-hydroxylation sites is 3. The Morgan fingerprint density at radius 3 is 2.48 bits per heavy atom. The number of hydrogen-bond donors (Lipinski definition) is 3. The van der Waals surface area contributed by atoms with Crippen LogP contribution >= 0.6 is 11.3 Å². The van der Waals surface area contributed by atoms with Crippen LogP contribution in [0.3, 0.4) is 0 Å². The fourth-order valence-corrected chi connectivity index (χ4v) is 10.1. The lowest BCUT2D eigenvalue weighted by Gasteiger charge is -2.29. The van der Waals surface area contributed by atoms with Crippen molar-refractivity contribution in [2.24, 2.45) is 5.92 Å². The summed E-state index contributed by atoms with van der Waals surface area (Å²) in [7, 11) is -3.92. The number of ether oxygens (including phenoxy) is 1. The number of amides is 4. The highest BCUT2D eigenvalue weighted by atomic mass is 32.2.